The van der Waals surface area contributed by atoms with Crippen molar-refractivity contribution in [3.05, 3.63) is 33.2 Å². The molecule has 3 heteroatoms. The summed E-state index contributed by atoms with van der Waals surface area (Å²) >= 11 is 5.58. The molecule has 0 aliphatic heterocycles. The summed E-state index contributed by atoms with van der Waals surface area (Å²) in [5.74, 6) is 0. The Morgan fingerprint density at radius 2 is 2.44 bits per heavy atom. The minimum atomic E-state index is -0.239. The predicted octanol–water partition coefficient (Wildman–Crippen LogP) is 1.14. The van der Waals surface area contributed by atoms with Gasteiger partial charge in [0.15, 0.2) is 0 Å². The van der Waals surface area contributed by atoms with E-state index in [-0.39, 0.29) is 5.56 Å². The highest BCUT2D eigenvalue weighted by Crippen LogP contribution is 2.07. The molecule has 2 nitrogen and oxygen atoms in total. The summed E-state index contributed by atoms with van der Waals surface area (Å²) in [7, 11) is 0. The normalized spacial score (nSPS) is 9.56. The molecule has 47 valence electrons. The molecule has 0 saturated carbocycles. The van der Waals surface area contributed by atoms with E-state index in [9.17, 15) is 4.79 Å². The molecule has 0 fully saturated rings. The van der Waals surface area contributed by atoms with Crippen LogP contribution in [0.5, 0.6) is 0 Å². The molecule has 0 saturated heterocycles. The Balaban J connectivity index is 3.34. The van der Waals surface area contributed by atoms with E-state index in [2.05, 4.69) is 11.1 Å². The number of halogens is 1. The zero-order chi connectivity index (χ0) is 6.85. The Bertz CT molecular complexity index is 266. The van der Waals surface area contributed by atoms with E-state index in [0.29, 0.717) is 10.6 Å². The van der Waals surface area contributed by atoms with Gasteiger partial charge in [0.1, 0.15) is 0 Å². The Hall–Kier alpha value is -0.760. The molecule has 0 amide bonds. The number of nitrogens with one attached hydrogen (secondary N) is 1. The average Bonchev–Trinajstić information content (AvgIpc) is 1.80. The fourth-order valence-corrected chi connectivity index (χ4v) is 0.605. The molecule has 0 bridgehead atoms. The summed E-state index contributed by atoms with van der Waals surface area (Å²) in [5, 5.41) is 0.537. The lowest BCUT2D eigenvalue weighted by Crippen LogP contribution is -2.03. The molecule has 0 aromatic carbocycles. The number of H-pyrrole nitrogens is 1. The minimum absolute atomic E-state index is 0.239. The van der Waals surface area contributed by atoms with Gasteiger partial charge in [0.2, 0.25) is 0 Å². The lowest BCUT2D eigenvalue weighted by molar-refractivity contribution is 1.20. The fraction of sp³-hybridized carbons (Fsp3) is 0.167. The van der Waals surface area contributed by atoms with Crippen LogP contribution in [0.3, 0.4) is 0 Å². The van der Waals surface area contributed by atoms with Gasteiger partial charge in [-0.2, -0.15) is 0 Å². The van der Waals surface area contributed by atoms with E-state index >= 15 is 0 Å². The van der Waals surface area contributed by atoms with Crippen LogP contribution < -0.4 is 5.56 Å². The molecule has 0 aliphatic carbocycles. The predicted molar refractivity (Wildman–Crippen MR) is 35.6 cm³/mol. The van der Waals surface area contributed by atoms with Crippen molar-refractivity contribution in [1.82, 2.24) is 4.98 Å². The standard InChI is InChI=1S/C6H5ClNO/c1-4-2-6(9)8-3-5(4)7/h3H,1H3,(H,8,9). The lowest BCUT2D eigenvalue weighted by atomic mass is 10.3. The van der Waals surface area contributed by atoms with Crippen molar-refractivity contribution in [3.63, 3.8) is 0 Å². The summed E-state index contributed by atoms with van der Waals surface area (Å²) in [6.07, 6.45) is 1.45. The van der Waals surface area contributed by atoms with Gasteiger partial charge >= 0.3 is 0 Å². The van der Waals surface area contributed by atoms with E-state index < -0.39 is 0 Å². The number of pyridine rings is 1. The highest BCUT2D eigenvalue weighted by Gasteiger charge is 1.92. The summed E-state index contributed by atoms with van der Waals surface area (Å²) in [6, 6.07) is 2.50. The number of hydrogen-bond acceptors (Lipinski definition) is 1. The Morgan fingerprint density at radius 3 is 2.89 bits per heavy atom. The first-order valence-electron chi connectivity index (χ1n) is 2.47. The van der Waals surface area contributed by atoms with E-state index in [4.69, 9.17) is 11.6 Å². The van der Waals surface area contributed by atoms with E-state index in [1.54, 1.807) is 6.92 Å². The van der Waals surface area contributed by atoms with Crippen LogP contribution in [0.4, 0.5) is 0 Å². The summed E-state index contributed by atoms with van der Waals surface area (Å²) < 4.78 is 0. The second-order valence-electron chi connectivity index (χ2n) is 1.72. The molecular formula is C6H5ClNO. The third-order valence-electron chi connectivity index (χ3n) is 0.989. The highest BCUT2D eigenvalue weighted by molar-refractivity contribution is 6.31. The SMILES string of the molecule is Cc1[c]c(=O)[nH]cc1Cl. The Kier molecular flexibility index (Phi) is 1.58. The molecule has 1 heterocycles. The molecule has 0 aliphatic rings. The number of aromatic amines is 1. The maximum absolute atomic E-state index is 10.5. The Morgan fingerprint density at radius 1 is 1.78 bits per heavy atom. The van der Waals surface area contributed by atoms with Crippen LogP contribution in [0, 0.1) is 13.0 Å². The first-order chi connectivity index (χ1) is 4.20. The van der Waals surface area contributed by atoms with Crippen LogP contribution in [-0.4, -0.2) is 4.98 Å². The van der Waals surface area contributed by atoms with Crippen LogP contribution in [-0.2, 0) is 0 Å². The molecule has 9 heavy (non-hydrogen) atoms. The van der Waals surface area contributed by atoms with Crippen LogP contribution in [0.1, 0.15) is 5.56 Å². The monoisotopic (exact) mass is 142 g/mol. The van der Waals surface area contributed by atoms with Gasteiger partial charge in [0.25, 0.3) is 5.56 Å². The summed E-state index contributed by atoms with van der Waals surface area (Å²) in [5.41, 5.74) is 0.442. The van der Waals surface area contributed by atoms with Crippen LogP contribution in [0.2, 0.25) is 5.02 Å². The second-order valence-corrected chi connectivity index (χ2v) is 2.12. The van der Waals surface area contributed by atoms with Crippen LogP contribution >= 0.6 is 11.6 Å². The van der Waals surface area contributed by atoms with Crippen molar-refractivity contribution in [1.29, 1.82) is 0 Å². The van der Waals surface area contributed by atoms with Crippen LogP contribution in [0.15, 0.2) is 11.0 Å². The van der Waals surface area contributed by atoms with E-state index in [1.165, 1.54) is 6.20 Å². The third kappa shape index (κ3) is 1.33. The zero-order valence-corrected chi connectivity index (χ0v) is 5.62. The third-order valence-corrected chi connectivity index (χ3v) is 1.38. The maximum atomic E-state index is 10.5. The Labute approximate surface area is 57.5 Å². The van der Waals surface area contributed by atoms with Crippen LogP contribution in [0.25, 0.3) is 0 Å². The van der Waals surface area contributed by atoms with Gasteiger partial charge in [-0.25, -0.2) is 0 Å². The summed E-state index contributed by atoms with van der Waals surface area (Å²) in [4.78, 5) is 12.9. The molecule has 0 atom stereocenters. The summed E-state index contributed by atoms with van der Waals surface area (Å²) in [6.45, 7) is 1.73. The van der Waals surface area contributed by atoms with Crippen molar-refractivity contribution in [2.45, 2.75) is 6.92 Å². The number of hydrogen-bond donors (Lipinski definition) is 1. The zero-order valence-electron chi connectivity index (χ0n) is 4.86. The van der Waals surface area contributed by atoms with Gasteiger partial charge < -0.3 is 4.98 Å². The largest absolute Gasteiger partial charge is 0.327 e. The van der Waals surface area contributed by atoms with Crippen molar-refractivity contribution < 1.29 is 0 Å². The maximum Gasteiger partial charge on any atom is 0.256 e. The second kappa shape index (κ2) is 2.23. The van der Waals surface area contributed by atoms with Gasteiger partial charge in [-0.1, -0.05) is 11.6 Å². The quantitative estimate of drug-likeness (QED) is 0.579. The molecule has 1 aromatic rings. The van der Waals surface area contributed by atoms with Crippen molar-refractivity contribution in [3.8, 4) is 0 Å². The van der Waals surface area contributed by atoms with Gasteiger partial charge in [-0.15, -0.1) is 0 Å². The van der Waals surface area contributed by atoms with Crippen molar-refractivity contribution >= 4 is 11.6 Å². The molecule has 0 spiro atoms. The molecule has 1 rings (SSSR count). The van der Waals surface area contributed by atoms with Crippen molar-refractivity contribution in [2.75, 3.05) is 0 Å². The van der Waals surface area contributed by atoms with Crippen molar-refractivity contribution in [2.24, 2.45) is 0 Å². The first kappa shape index (κ1) is 6.36. The number of rotatable bonds is 0. The van der Waals surface area contributed by atoms with E-state index in [1.807, 2.05) is 0 Å². The van der Waals surface area contributed by atoms with Gasteiger partial charge in [0.05, 0.1) is 11.1 Å². The van der Waals surface area contributed by atoms with Gasteiger partial charge in [-0.3, -0.25) is 4.79 Å². The molecule has 1 N–H and O–H groups in total. The lowest BCUT2D eigenvalue weighted by Gasteiger charge is -1.90. The smallest absolute Gasteiger partial charge is 0.256 e. The van der Waals surface area contributed by atoms with Gasteiger partial charge in [-0.05, 0) is 12.5 Å². The van der Waals surface area contributed by atoms with E-state index in [0.717, 1.165) is 0 Å². The van der Waals surface area contributed by atoms with Gasteiger partial charge in [0, 0.05) is 6.20 Å². The topological polar surface area (TPSA) is 32.9 Å². The fourth-order valence-electron chi connectivity index (χ4n) is 0.503. The number of aromatic nitrogens is 1. The molecule has 1 radical (unpaired) electrons. The molecular weight excluding hydrogens is 138 g/mol. The minimum Gasteiger partial charge on any atom is -0.327 e. The number of aryl methyl sites for hydroxylation is 1. The highest BCUT2D eigenvalue weighted by atomic mass is 35.5. The average molecular weight is 143 g/mol. The molecule has 1 aromatic heterocycles. The molecule has 0 unspecified atom stereocenters. The first-order valence-corrected chi connectivity index (χ1v) is 2.85.